The minimum atomic E-state index is -3.92. The lowest BCUT2D eigenvalue weighted by molar-refractivity contribution is -0.137. The first kappa shape index (κ1) is 21.4. The fraction of sp³-hybridized carbons (Fsp3) is 0.381. The molecule has 1 aliphatic heterocycles. The first-order valence-electron chi connectivity index (χ1n) is 9.61. The minimum absolute atomic E-state index is 0.0150. The van der Waals surface area contributed by atoms with Crippen LogP contribution in [0.25, 0.3) is 0 Å². The molecule has 1 heterocycles. The lowest BCUT2D eigenvalue weighted by atomic mass is 9.96. The smallest absolute Gasteiger partial charge is 0.243 e. The Hall–Kier alpha value is -2.32. The molecular weight excluding hydrogens is 398 g/mol. The molecule has 0 bridgehead atoms. The zero-order chi connectivity index (χ0) is 21.0. The van der Waals surface area contributed by atoms with E-state index in [0.717, 1.165) is 17.7 Å². The molecule has 0 aliphatic carbocycles. The predicted octanol–water partition coefficient (Wildman–Crippen LogP) is 3.41. The monoisotopic (exact) mass is 422 g/mol. The standard InChI is InChI=1S/C21H24F2N2O3S/c1-2-24(15-16-6-4-3-5-7-16)21(26)17-10-12-25(13-11-17)29(27,28)18-8-9-19(22)20(23)14-18/h3-9,14,17H,2,10-13,15H2,1H3. The van der Waals surface area contributed by atoms with Gasteiger partial charge in [-0.1, -0.05) is 30.3 Å². The molecule has 1 saturated heterocycles. The molecule has 29 heavy (non-hydrogen) atoms. The zero-order valence-electron chi connectivity index (χ0n) is 16.2. The number of piperidine rings is 1. The second-order valence-corrected chi connectivity index (χ2v) is 9.03. The van der Waals surface area contributed by atoms with Gasteiger partial charge in [0, 0.05) is 32.1 Å². The van der Waals surface area contributed by atoms with Crippen molar-refractivity contribution in [2.75, 3.05) is 19.6 Å². The predicted molar refractivity (Wildman–Crippen MR) is 105 cm³/mol. The van der Waals surface area contributed by atoms with Crippen molar-refractivity contribution in [1.29, 1.82) is 0 Å². The number of carbonyl (C=O) groups is 1. The highest BCUT2D eigenvalue weighted by Crippen LogP contribution is 2.26. The Balaban J connectivity index is 1.64. The summed E-state index contributed by atoms with van der Waals surface area (Å²) in [6.07, 6.45) is 0.792. The first-order valence-corrected chi connectivity index (χ1v) is 11.0. The van der Waals surface area contributed by atoms with Gasteiger partial charge in [-0.2, -0.15) is 4.31 Å². The summed E-state index contributed by atoms with van der Waals surface area (Å²) in [5.41, 5.74) is 1.04. The van der Waals surface area contributed by atoms with E-state index in [1.54, 1.807) is 4.90 Å². The van der Waals surface area contributed by atoms with Gasteiger partial charge in [-0.15, -0.1) is 0 Å². The molecular formula is C21H24F2N2O3S. The van der Waals surface area contributed by atoms with Crippen LogP contribution < -0.4 is 0 Å². The summed E-state index contributed by atoms with van der Waals surface area (Å²) >= 11 is 0. The molecule has 3 rings (SSSR count). The van der Waals surface area contributed by atoms with Crippen molar-refractivity contribution >= 4 is 15.9 Å². The molecule has 0 atom stereocenters. The van der Waals surface area contributed by atoms with Crippen molar-refractivity contribution in [3.63, 3.8) is 0 Å². The molecule has 2 aromatic rings. The van der Waals surface area contributed by atoms with E-state index < -0.39 is 21.7 Å². The Morgan fingerprint density at radius 1 is 1.07 bits per heavy atom. The molecule has 0 N–H and O–H groups in total. The van der Waals surface area contributed by atoms with Crippen molar-refractivity contribution in [3.05, 3.63) is 65.7 Å². The summed E-state index contributed by atoms with van der Waals surface area (Å²) in [4.78, 5) is 14.4. The van der Waals surface area contributed by atoms with E-state index in [9.17, 15) is 22.0 Å². The Bertz CT molecular complexity index is 959. The van der Waals surface area contributed by atoms with Crippen LogP contribution in [-0.2, 0) is 21.4 Å². The molecule has 0 unspecified atom stereocenters. The summed E-state index contributed by atoms with van der Waals surface area (Å²) in [7, 11) is -3.92. The summed E-state index contributed by atoms with van der Waals surface area (Å²) < 4.78 is 53.2. The third-order valence-corrected chi connectivity index (χ3v) is 7.14. The van der Waals surface area contributed by atoms with Crippen LogP contribution in [0.15, 0.2) is 53.4 Å². The van der Waals surface area contributed by atoms with Gasteiger partial charge < -0.3 is 4.90 Å². The van der Waals surface area contributed by atoms with Gasteiger partial charge in [0.25, 0.3) is 0 Å². The van der Waals surface area contributed by atoms with E-state index in [4.69, 9.17) is 0 Å². The van der Waals surface area contributed by atoms with Crippen LogP contribution in [0.2, 0.25) is 0 Å². The molecule has 156 valence electrons. The highest BCUT2D eigenvalue weighted by atomic mass is 32.2. The number of carbonyl (C=O) groups excluding carboxylic acids is 1. The number of sulfonamides is 1. The summed E-state index contributed by atoms with van der Waals surface area (Å²) in [5, 5.41) is 0. The Kier molecular flexibility index (Phi) is 6.64. The lowest BCUT2D eigenvalue weighted by Gasteiger charge is -2.33. The van der Waals surface area contributed by atoms with Gasteiger partial charge in [0.1, 0.15) is 0 Å². The fourth-order valence-electron chi connectivity index (χ4n) is 3.54. The van der Waals surface area contributed by atoms with Crippen LogP contribution >= 0.6 is 0 Å². The highest BCUT2D eigenvalue weighted by Gasteiger charge is 2.34. The average molecular weight is 422 g/mol. The van der Waals surface area contributed by atoms with Gasteiger partial charge >= 0.3 is 0 Å². The van der Waals surface area contributed by atoms with Gasteiger partial charge in [0.15, 0.2) is 11.6 Å². The molecule has 0 spiro atoms. The first-order chi connectivity index (χ1) is 13.8. The Morgan fingerprint density at radius 3 is 2.31 bits per heavy atom. The second kappa shape index (κ2) is 9.00. The lowest BCUT2D eigenvalue weighted by Crippen LogP contribution is -2.44. The van der Waals surface area contributed by atoms with Crippen LogP contribution in [0.1, 0.15) is 25.3 Å². The van der Waals surface area contributed by atoms with Gasteiger partial charge in [-0.25, -0.2) is 17.2 Å². The van der Waals surface area contributed by atoms with Crippen molar-refractivity contribution < 1.29 is 22.0 Å². The van der Waals surface area contributed by atoms with E-state index in [-0.39, 0.29) is 29.8 Å². The Morgan fingerprint density at radius 2 is 1.72 bits per heavy atom. The fourth-order valence-corrected chi connectivity index (χ4v) is 5.02. The van der Waals surface area contributed by atoms with Gasteiger partial charge in [0.2, 0.25) is 15.9 Å². The summed E-state index contributed by atoms with van der Waals surface area (Å²) in [6.45, 7) is 3.34. The molecule has 1 aliphatic rings. The van der Waals surface area contributed by atoms with Crippen molar-refractivity contribution in [1.82, 2.24) is 9.21 Å². The Labute approximate surface area is 170 Å². The van der Waals surface area contributed by atoms with Crippen LogP contribution in [0.4, 0.5) is 8.78 Å². The topological polar surface area (TPSA) is 57.7 Å². The normalized spacial score (nSPS) is 16.0. The number of amides is 1. The number of halogens is 2. The number of rotatable bonds is 6. The third-order valence-electron chi connectivity index (χ3n) is 5.24. The van der Waals surface area contributed by atoms with Crippen molar-refractivity contribution in [2.45, 2.75) is 31.2 Å². The molecule has 2 aromatic carbocycles. The number of nitrogens with zero attached hydrogens (tertiary/aromatic N) is 2. The van der Waals surface area contributed by atoms with Crippen LogP contribution in [0.5, 0.6) is 0 Å². The molecule has 1 amide bonds. The van der Waals surface area contributed by atoms with E-state index in [0.29, 0.717) is 32.0 Å². The second-order valence-electron chi connectivity index (χ2n) is 7.09. The summed E-state index contributed by atoms with van der Waals surface area (Å²) in [6, 6.07) is 12.3. The minimum Gasteiger partial charge on any atom is -0.338 e. The molecule has 1 fully saturated rings. The maximum atomic E-state index is 13.4. The van der Waals surface area contributed by atoms with Crippen LogP contribution in [0, 0.1) is 17.6 Å². The molecule has 0 aromatic heterocycles. The van der Waals surface area contributed by atoms with Crippen LogP contribution in [0.3, 0.4) is 0 Å². The number of hydrogen-bond acceptors (Lipinski definition) is 3. The van der Waals surface area contributed by atoms with Crippen molar-refractivity contribution in [3.8, 4) is 0 Å². The van der Waals surface area contributed by atoms with E-state index >= 15 is 0 Å². The van der Waals surface area contributed by atoms with E-state index in [1.807, 2.05) is 37.3 Å². The van der Waals surface area contributed by atoms with Gasteiger partial charge in [-0.05, 0) is 43.5 Å². The quantitative estimate of drug-likeness (QED) is 0.717. The number of benzene rings is 2. The molecule has 0 saturated carbocycles. The van der Waals surface area contributed by atoms with Gasteiger partial charge in [0.05, 0.1) is 4.90 Å². The molecule has 0 radical (unpaired) electrons. The van der Waals surface area contributed by atoms with Gasteiger partial charge in [-0.3, -0.25) is 4.79 Å². The molecule has 8 heteroatoms. The zero-order valence-corrected chi connectivity index (χ0v) is 17.0. The SMILES string of the molecule is CCN(Cc1ccccc1)C(=O)C1CCN(S(=O)(=O)c2ccc(F)c(F)c2)CC1. The largest absolute Gasteiger partial charge is 0.338 e. The molecule has 5 nitrogen and oxygen atoms in total. The van der Waals surface area contributed by atoms with Crippen LogP contribution in [-0.4, -0.2) is 43.2 Å². The number of hydrogen-bond donors (Lipinski definition) is 0. The maximum absolute atomic E-state index is 13.4. The highest BCUT2D eigenvalue weighted by molar-refractivity contribution is 7.89. The van der Waals surface area contributed by atoms with E-state index in [1.165, 1.54) is 4.31 Å². The maximum Gasteiger partial charge on any atom is 0.243 e. The van der Waals surface area contributed by atoms with E-state index in [2.05, 4.69) is 0 Å². The average Bonchev–Trinajstić information content (AvgIpc) is 2.74. The summed E-state index contributed by atoms with van der Waals surface area (Å²) in [5.74, 6) is -2.53. The van der Waals surface area contributed by atoms with Crippen molar-refractivity contribution in [2.24, 2.45) is 5.92 Å². The third kappa shape index (κ3) is 4.82.